The Balaban J connectivity index is 1.87. The topological polar surface area (TPSA) is 45.2 Å². The third-order valence-electron chi connectivity index (χ3n) is 4.50. The minimum atomic E-state index is -1.49. The maximum Gasteiger partial charge on any atom is 0.253 e. The normalized spacial score (nSPS) is 20.6. The van der Waals surface area contributed by atoms with E-state index in [4.69, 9.17) is 0 Å². The Labute approximate surface area is 143 Å². The van der Waals surface area contributed by atoms with Crippen LogP contribution in [0.4, 0.5) is 13.2 Å². The van der Waals surface area contributed by atoms with Crippen molar-refractivity contribution in [2.24, 2.45) is 0 Å². The van der Waals surface area contributed by atoms with Crippen molar-refractivity contribution in [2.45, 2.75) is 25.4 Å². The first kappa shape index (κ1) is 17.4. The number of nitrogens with one attached hydrogen (secondary N) is 1. The second-order valence-corrected chi connectivity index (χ2v) is 5.98. The molecule has 1 aliphatic rings. The number of nitrogens with zero attached hydrogens (tertiary/aromatic N) is 2. The standard InChI is InChI=1S/C18H18F3N3O/c1-2-24-7-5-15(23-18(25)11-4-3-6-22-10-11)17(24)12-8-13(19)16(21)14(20)9-12/h3-4,6,8-10,15,17H,2,5,7H2,1H3,(H,23,25)/t15-,17+/m0/s1. The Bertz CT molecular complexity index is 746. The highest BCUT2D eigenvalue weighted by Crippen LogP contribution is 2.33. The van der Waals surface area contributed by atoms with Gasteiger partial charge in [-0.1, -0.05) is 6.92 Å². The van der Waals surface area contributed by atoms with Crippen LogP contribution in [0, 0.1) is 17.5 Å². The highest BCUT2D eigenvalue weighted by atomic mass is 19.2. The van der Waals surface area contributed by atoms with E-state index in [0.717, 1.165) is 12.1 Å². The quantitative estimate of drug-likeness (QED) is 0.863. The van der Waals surface area contributed by atoms with Gasteiger partial charge in [-0.15, -0.1) is 0 Å². The first-order valence-electron chi connectivity index (χ1n) is 8.10. The highest BCUT2D eigenvalue weighted by molar-refractivity contribution is 5.94. The van der Waals surface area contributed by atoms with Gasteiger partial charge < -0.3 is 5.32 Å². The summed E-state index contributed by atoms with van der Waals surface area (Å²) in [6.07, 6.45) is 3.65. The molecular formula is C18H18F3N3O. The number of amides is 1. The summed E-state index contributed by atoms with van der Waals surface area (Å²) in [5.74, 6) is -4.24. The van der Waals surface area contributed by atoms with Crippen LogP contribution < -0.4 is 5.32 Å². The molecule has 4 nitrogen and oxygen atoms in total. The summed E-state index contributed by atoms with van der Waals surface area (Å²) in [6, 6.07) is 4.54. The van der Waals surface area contributed by atoms with Gasteiger partial charge in [-0.2, -0.15) is 0 Å². The number of pyridine rings is 1. The molecule has 0 spiro atoms. The lowest BCUT2D eigenvalue weighted by Gasteiger charge is -2.28. The number of hydrogen-bond acceptors (Lipinski definition) is 3. The van der Waals surface area contributed by atoms with Gasteiger partial charge in [-0.3, -0.25) is 14.7 Å². The molecule has 2 heterocycles. The lowest BCUT2D eigenvalue weighted by Crippen LogP contribution is -2.39. The fourth-order valence-corrected chi connectivity index (χ4v) is 3.30. The second kappa shape index (κ2) is 7.23. The van der Waals surface area contributed by atoms with Crippen molar-refractivity contribution in [3.8, 4) is 0 Å². The van der Waals surface area contributed by atoms with Gasteiger partial charge in [0.1, 0.15) is 0 Å². The van der Waals surface area contributed by atoms with Gasteiger partial charge in [-0.25, -0.2) is 13.2 Å². The van der Waals surface area contributed by atoms with Gasteiger partial charge in [-0.05, 0) is 42.8 Å². The largest absolute Gasteiger partial charge is 0.347 e. The van der Waals surface area contributed by atoms with Crippen LogP contribution in [0.1, 0.15) is 35.3 Å². The van der Waals surface area contributed by atoms with E-state index >= 15 is 0 Å². The van der Waals surface area contributed by atoms with Crippen LogP contribution in [0.2, 0.25) is 0 Å². The molecule has 7 heteroatoms. The number of likely N-dealkylation sites (tertiary alicyclic amines) is 1. The molecule has 0 radical (unpaired) electrons. The molecule has 3 rings (SSSR count). The summed E-state index contributed by atoms with van der Waals surface area (Å²) < 4.78 is 40.6. The van der Waals surface area contributed by atoms with Gasteiger partial charge in [0.15, 0.2) is 17.5 Å². The minimum Gasteiger partial charge on any atom is -0.347 e. The molecule has 0 aliphatic carbocycles. The molecule has 0 unspecified atom stereocenters. The zero-order chi connectivity index (χ0) is 18.0. The molecule has 0 bridgehead atoms. The molecule has 132 valence electrons. The van der Waals surface area contributed by atoms with E-state index in [1.165, 1.54) is 6.20 Å². The smallest absolute Gasteiger partial charge is 0.253 e. The highest BCUT2D eigenvalue weighted by Gasteiger charge is 2.36. The third kappa shape index (κ3) is 3.51. The van der Waals surface area contributed by atoms with Crippen molar-refractivity contribution >= 4 is 5.91 Å². The maximum absolute atomic E-state index is 13.6. The SMILES string of the molecule is CCN1CC[C@H](NC(=O)c2cccnc2)[C@H]1c1cc(F)c(F)c(F)c1. The van der Waals surface area contributed by atoms with E-state index in [-0.39, 0.29) is 11.9 Å². The first-order valence-corrected chi connectivity index (χ1v) is 8.10. The molecule has 1 saturated heterocycles. The number of rotatable bonds is 4. The average molecular weight is 349 g/mol. The Kier molecular flexibility index (Phi) is 5.03. The minimum absolute atomic E-state index is 0.302. The Morgan fingerprint density at radius 2 is 2.04 bits per heavy atom. The van der Waals surface area contributed by atoms with Gasteiger partial charge in [0.05, 0.1) is 17.6 Å². The molecule has 1 N–H and O–H groups in total. The Morgan fingerprint density at radius 1 is 1.32 bits per heavy atom. The number of aromatic nitrogens is 1. The fraction of sp³-hybridized carbons (Fsp3) is 0.333. The van der Waals surface area contributed by atoms with Crippen molar-refractivity contribution < 1.29 is 18.0 Å². The van der Waals surface area contributed by atoms with E-state index in [1.54, 1.807) is 18.3 Å². The summed E-state index contributed by atoms with van der Waals surface area (Å²) in [4.78, 5) is 18.3. The number of carbonyl (C=O) groups excluding carboxylic acids is 1. The van der Waals surface area contributed by atoms with Gasteiger partial charge >= 0.3 is 0 Å². The summed E-state index contributed by atoms with van der Waals surface area (Å²) in [7, 11) is 0. The molecule has 1 aliphatic heterocycles. The molecule has 1 fully saturated rings. The monoisotopic (exact) mass is 349 g/mol. The van der Waals surface area contributed by atoms with E-state index in [9.17, 15) is 18.0 Å². The molecule has 2 aromatic rings. The molecular weight excluding hydrogens is 331 g/mol. The van der Waals surface area contributed by atoms with Crippen LogP contribution >= 0.6 is 0 Å². The lowest BCUT2D eigenvalue weighted by molar-refractivity contribution is 0.0925. The van der Waals surface area contributed by atoms with Crippen molar-refractivity contribution in [3.63, 3.8) is 0 Å². The van der Waals surface area contributed by atoms with Gasteiger partial charge in [0, 0.05) is 18.9 Å². The van der Waals surface area contributed by atoms with Crippen LogP contribution in [0.3, 0.4) is 0 Å². The number of halogens is 3. The Hall–Kier alpha value is -2.41. The van der Waals surface area contributed by atoms with Gasteiger partial charge in [0.25, 0.3) is 5.91 Å². The summed E-state index contributed by atoms with van der Waals surface area (Å²) in [5, 5.41) is 2.90. The molecule has 1 aromatic carbocycles. The van der Waals surface area contributed by atoms with E-state index in [1.807, 2.05) is 11.8 Å². The van der Waals surface area contributed by atoms with E-state index < -0.39 is 23.5 Å². The summed E-state index contributed by atoms with van der Waals surface area (Å²) in [6.45, 7) is 3.23. The average Bonchev–Trinajstić information content (AvgIpc) is 3.02. The second-order valence-electron chi connectivity index (χ2n) is 5.98. The molecule has 25 heavy (non-hydrogen) atoms. The van der Waals surface area contributed by atoms with Gasteiger partial charge in [0.2, 0.25) is 0 Å². The predicted molar refractivity (Wildman–Crippen MR) is 86.4 cm³/mol. The summed E-state index contributed by atoms with van der Waals surface area (Å²) >= 11 is 0. The predicted octanol–water partition coefficient (Wildman–Crippen LogP) is 3.06. The Morgan fingerprint density at radius 3 is 2.64 bits per heavy atom. The van der Waals surface area contributed by atoms with Crippen LogP contribution in [-0.4, -0.2) is 34.9 Å². The van der Waals surface area contributed by atoms with E-state index in [0.29, 0.717) is 30.6 Å². The van der Waals surface area contributed by atoms with Crippen LogP contribution in [0.25, 0.3) is 0 Å². The number of likely N-dealkylation sites (N-methyl/N-ethyl adjacent to an activating group) is 1. The summed E-state index contributed by atoms with van der Waals surface area (Å²) in [5.41, 5.74) is 0.722. The lowest BCUT2D eigenvalue weighted by atomic mass is 9.99. The van der Waals surface area contributed by atoms with E-state index in [2.05, 4.69) is 10.3 Å². The number of benzene rings is 1. The first-order chi connectivity index (χ1) is 12.0. The van der Waals surface area contributed by atoms with Crippen LogP contribution in [0.5, 0.6) is 0 Å². The number of carbonyl (C=O) groups is 1. The molecule has 2 atom stereocenters. The molecule has 1 aromatic heterocycles. The molecule has 0 saturated carbocycles. The zero-order valence-electron chi connectivity index (χ0n) is 13.7. The van der Waals surface area contributed by atoms with Crippen LogP contribution in [0.15, 0.2) is 36.7 Å². The zero-order valence-corrected chi connectivity index (χ0v) is 13.7. The van der Waals surface area contributed by atoms with Crippen molar-refractivity contribution in [1.29, 1.82) is 0 Å². The third-order valence-corrected chi connectivity index (χ3v) is 4.50. The fourth-order valence-electron chi connectivity index (χ4n) is 3.30. The van der Waals surface area contributed by atoms with Crippen molar-refractivity contribution in [1.82, 2.24) is 15.2 Å². The molecule has 1 amide bonds. The van der Waals surface area contributed by atoms with Crippen molar-refractivity contribution in [3.05, 3.63) is 65.2 Å². The van der Waals surface area contributed by atoms with Crippen LogP contribution in [-0.2, 0) is 0 Å². The maximum atomic E-state index is 13.6. The number of hydrogen-bond donors (Lipinski definition) is 1. The van der Waals surface area contributed by atoms with Crippen molar-refractivity contribution in [2.75, 3.05) is 13.1 Å².